The normalized spacial score (nSPS) is 9.50. The van der Waals surface area contributed by atoms with Crippen LogP contribution >= 0.6 is 0 Å². The van der Waals surface area contributed by atoms with E-state index in [4.69, 9.17) is 5.73 Å². The molecule has 0 fully saturated rings. The molecule has 0 aliphatic carbocycles. The third kappa shape index (κ3) is 2.36. The Balaban J connectivity index is 2.71. The standard InChI is InChI=1S/C9H12N2O/c1-7(12)11-9-4-2-8(6-10)3-5-9/h2-5H,6,10H2,1H3,(H,11,12). The zero-order valence-corrected chi connectivity index (χ0v) is 7.00. The summed E-state index contributed by atoms with van der Waals surface area (Å²) in [4.78, 5) is 10.6. The van der Waals surface area contributed by atoms with Crippen LogP contribution in [0.3, 0.4) is 0 Å². The van der Waals surface area contributed by atoms with Gasteiger partial charge in [-0.3, -0.25) is 4.79 Å². The summed E-state index contributed by atoms with van der Waals surface area (Å²) in [6, 6.07) is 7.46. The second kappa shape index (κ2) is 3.88. The smallest absolute Gasteiger partial charge is 0.221 e. The van der Waals surface area contributed by atoms with E-state index >= 15 is 0 Å². The summed E-state index contributed by atoms with van der Waals surface area (Å²) in [6.07, 6.45) is 0. The highest BCUT2D eigenvalue weighted by Gasteiger charge is 1.94. The summed E-state index contributed by atoms with van der Waals surface area (Å²) in [5.41, 5.74) is 7.28. The Morgan fingerprint density at radius 3 is 2.42 bits per heavy atom. The van der Waals surface area contributed by atoms with Gasteiger partial charge in [0.05, 0.1) is 0 Å². The summed E-state index contributed by atoms with van der Waals surface area (Å²) >= 11 is 0. The van der Waals surface area contributed by atoms with E-state index in [1.54, 1.807) is 0 Å². The average molecular weight is 164 g/mol. The summed E-state index contributed by atoms with van der Waals surface area (Å²) in [5, 5.41) is 2.68. The maximum Gasteiger partial charge on any atom is 0.221 e. The SMILES string of the molecule is CC(=O)Nc1ccc(CN)cc1. The molecule has 0 spiro atoms. The highest BCUT2D eigenvalue weighted by molar-refractivity contribution is 5.88. The number of amides is 1. The lowest BCUT2D eigenvalue weighted by Crippen LogP contribution is -2.05. The minimum absolute atomic E-state index is 0.0597. The Bertz CT molecular complexity index is 266. The van der Waals surface area contributed by atoms with E-state index in [1.165, 1.54) is 6.92 Å². The molecule has 3 nitrogen and oxygen atoms in total. The molecule has 0 saturated heterocycles. The molecule has 0 aliphatic heterocycles. The maximum absolute atomic E-state index is 10.6. The lowest BCUT2D eigenvalue weighted by atomic mass is 10.2. The first-order valence-corrected chi connectivity index (χ1v) is 3.79. The third-order valence-electron chi connectivity index (χ3n) is 1.51. The van der Waals surface area contributed by atoms with Gasteiger partial charge in [0, 0.05) is 19.2 Å². The van der Waals surface area contributed by atoms with Gasteiger partial charge in [-0.05, 0) is 17.7 Å². The van der Waals surface area contributed by atoms with Crippen LogP contribution in [0.15, 0.2) is 24.3 Å². The molecule has 1 aromatic rings. The van der Waals surface area contributed by atoms with Gasteiger partial charge in [0.15, 0.2) is 0 Å². The van der Waals surface area contributed by atoms with Crippen molar-refractivity contribution in [3.63, 3.8) is 0 Å². The van der Waals surface area contributed by atoms with Crippen LogP contribution in [-0.2, 0) is 11.3 Å². The van der Waals surface area contributed by atoms with Crippen LogP contribution in [0, 0.1) is 0 Å². The van der Waals surface area contributed by atoms with Crippen LogP contribution in [0.1, 0.15) is 12.5 Å². The number of rotatable bonds is 2. The molecule has 3 N–H and O–H groups in total. The van der Waals surface area contributed by atoms with Gasteiger partial charge in [0.1, 0.15) is 0 Å². The topological polar surface area (TPSA) is 55.1 Å². The second-order valence-electron chi connectivity index (χ2n) is 2.58. The van der Waals surface area contributed by atoms with E-state index in [2.05, 4.69) is 5.32 Å². The molecule has 0 saturated carbocycles. The van der Waals surface area contributed by atoms with Gasteiger partial charge < -0.3 is 11.1 Å². The number of hydrogen-bond acceptors (Lipinski definition) is 2. The Kier molecular flexibility index (Phi) is 2.82. The lowest BCUT2D eigenvalue weighted by Gasteiger charge is -2.01. The quantitative estimate of drug-likeness (QED) is 0.687. The maximum atomic E-state index is 10.6. The Labute approximate surface area is 71.6 Å². The molecular formula is C9H12N2O. The molecule has 1 rings (SSSR count). The fraction of sp³-hybridized carbons (Fsp3) is 0.222. The third-order valence-corrected chi connectivity index (χ3v) is 1.51. The first-order chi connectivity index (χ1) is 5.72. The van der Waals surface area contributed by atoms with Crippen LogP contribution in [0.4, 0.5) is 5.69 Å². The van der Waals surface area contributed by atoms with Gasteiger partial charge in [-0.1, -0.05) is 12.1 Å². The van der Waals surface area contributed by atoms with Crippen molar-refractivity contribution in [2.75, 3.05) is 5.32 Å². The van der Waals surface area contributed by atoms with Crippen molar-refractivity contribution in [2.45, 2.75) is 13.5 Å². The van der Waals surface area contributed by atoms with E-state index < -0.39 is 0 Å². The largest absolute Gasteiger partial charge is 0.326 e. The van der Waals surface area contributed by atoms with Crippen LogP contribution in [0.25, 0.3) is 0 Å². The summed E-state index contributed by atoms with van der Waals surface area (Å²) in [7, 11) is 0. The van der Waals surface area contributed by atoms with E-state index in [9.17, 15) is 4.79 Å². The monoisotopic (exact) mass is 164 g/mol. The highest BCUT2D eigenvalue weighted by atomic mass is 16.1. The van der Waals surface area contributed by atoms with E-state index in [-0.39, 0.29) is 5.91 Å². The fourth-order valence-corrected chi connectivity index (χ4v) is 0.927. The zero-order chi connectivity index (χ0) is 8.97. The van der Waals surface area contributed by atoms with Crippen molar-refractivity contribution in [3.8, 4) is 0 Å². The minimum atomic E-state index is -0.0597. The van der Waals surface area contributed by atoms with Crippen molar-refractivity contribution in [1.82, 2.24) is 0 Å². The Hall–Kier alpha value is -1.35. The molecular weight excluding hydrogens is 152 g/mol. The molecule has 0 radical (unpaired) electrons. The minimum Gasteiger partial charge on any atom is -0.326 e. The zero-order valence-electron chi connectivity index (χ0n) is 7.00. The summed E-state index contributed by atoms with van der Waals surface area (Å²) < 4.78 is 0. The van der Waals surface area contributed by atoms with Crippen molar-refractivity contribution >= 4 is 11.6 Å². The van der Waals surface area contributed by atoms with E-state index in [0.717, 1.165) is 11.3 Å². The molecule has 0 unspecified atom stereocenters. The van der Waals surface area contributed by atoms with Crippen molar-refractivity contribution in [1.29, 1.82) is 0 Å². The fourth-order valence-electron chi connectivity index (χ4n) is 0.927. The van der Waals surface area contributed by atoms with Crippen molar-refractivity contribution in [2.24, 2.45) is 5.73 Å². The number of hydrogen-bond donors (Lipinski definition) is 2. The number of benzene rings is 1. The summed E-state index contributed by atoms with van der Waals surface area (Å²) in [6.45, 7) is 2.01. The van der Waals surface area contributed by atoms with Crippen molar-refractivity contribution in [3.05, 3.63) is 29.8 Å². The highest BCUT2D eigenvalue weighted by Crippen LogP contribution is 2.08. The van der Waals surface area contributed by atoms with Gasteiger partial charge in [-0.2, -0.15) is 0 Å². The molecule has 0 bridgehead atoms. The number of anilines is 1. The van der Waals surface area contributed by atoms with Crippen LogP contribution in [-0.4, -0.2) is 5.91 Å². The molecule has 0 atom stereocenters. The molecule has 12 heavy (non-hydrogen) atoms. The number of nitrogens with one attached hydrogen (secondary N) is 1. The van der Waals surface area contributed by atoms with Gasteiger partial charge in [-0.25, -0.2) is 0 Å². The molecule has 0 aromatic heterocycles. The molecule has 0 aliphatic rings. The summed E-state index contributed by atoms with van der Waals surface area (Å²) in [5.74, 6) is -0.0597. The van der Waals surface area contributed by atoms with Gasteiger partial charge >= 0.3 is 0 Å². The van der Waals surface area contributed by atoms with Gasteiger partial charge in [-0.15, -0.1) is 0 Å². The first-order valence-electron chi connectivity index (χ1n) is 3.79. The van der Waals surface area contributed by atoms with Crippen molar-refractivity contribution < 1.29 is 4.79 Å². The van der Waals surface area contributed by atoms with Crippen LogP contribution < -0.4 is 11.1 Å². The second-order valence-corrected chi connectivity index (χ2v) is 2.58. The first kappa shape index (κ1) is 8.74. The Morgan fingerprint density at radius 1 is 1.42 bits per heavy atom. The molecule has 3 heteroatoms. The van der Waals surface area contributed by atoms with Crippen LogP contribution in [0.2, 0.25) is 0 Å². The molecule has 1 amide bonds. The lowest BCUT2D eigenvalue weighted by molar-refractivity contribution is -0.114. The predicted molar refractivity (Wildman–Crippen MR) is 48.6 cm³/mol. The van der Waals surface area contributed by atoms with Gasteiger partial charge in [0.25, 0.3) is 0 Å². The predicted octanol–water partition coefficient (Wildman–Crippen LogP) is 1.10. The number of carbonyl (C=O) groups is 1. The molecule has 0 heterocycles. The Morgan fingerprint density at radius 2 is 2.00 bits per heavy atom. The number of nitrogens with two attached hydrogens (primary N) is 1. The van der Waals surface area contributed by atoms with E-state index in [1.807, 2.05) is 24.3 Å². The number of carbonyl (C=O) groups excluding carboxylic acids is 1. The van der Waals surface area contributed by atoms with E-state index in [0.29, 0.717) is 6.54 Å². The molecule has 64 valence electrons. The van der Waals surface area contributed by atoms with Crippen LogP contribution in [0.5, 0.6) is 0 Å². The average Bonchev–Trinajstić information content (AvgIpc) is 2.05. The molecule has 1 aromatic carbocycles. The van der Waals surface area contributed by atoms with Gasteiger partial charge in [0.2, 0.25) is 5.91 Å².